The van der Waals surface area contributed by atoms with E-state index in [1.807, 2.05) is 10.8 Å². The van der Waals surface area contributed by atoms with Crippen molar-refractivity contribution in [3.05, 3.63) is 28.4 Å². The van der Waals surface area contributed by atoms with Gasteiger partial charge in [0.2, 0.25) is 0 Å². The molecule has 1 N–H and O–H groups in total. The molecule has 1 fully saturated rings. The van der Waals surface area contributed by atoms with E-state index in [1.165, 1.54) is 0 Å². The summed E-state index contributed by atoms with van der Waals surface area (Å²) < 4.78 is 21.8. The predicted molar refractivity (Wildman–Crippen MR) is 125 cm³/mol. The molecule has 0 saturated carbocycles. The van der Waals surface area contributed by atoms with Crippen LogP contribution in [0.3, 0.4) is 0 Å². The number of ether oxygens (including phenoxy) is 1. The topological polar surface area (TPSA) is 78.4 Å². The molecule has 168 valence electrons. The Morgan fingerprint density at radius 1 is 1.30 bits per heavy atom. The summed E-state index contributed by atoms with van der Waals surface area (Å²) in [5, 5.41) is 0.612. The van der Waals surface area contributed by atoms with Gasteiger partial charge in [-0.2, -0.15) is 0 Å². The normalized spacial score (nSPS) is 25.5. The maximum Gasteiger partial charge on any atom is 0.260 e. The van der Waals surface area contributed by atoms with E-state index >= 15 is 0 Å². The summed E-state index contributed by atoms with van der Waals surface area (Å²) in [7, 11) is -2.69. The third-order valence-corrected chi connectivity index (χ3v) is 11.4. The van der Waals surface area contributed by atoms with Crippen molar-refractivity contribution in [2.24, 2.45) is 0 Å². The summed E-state index contributed by atoms with van der Waals surface area (Å²) >= 11 is 0. The molecule has 2 aromatic rings. The van der Waals surface area contributed by atoms with Crippen LogP contribution in [0.1, 0.15) is 46.2 Å². The van der Waals surface area contributed by atoms with Crippen LogP contribution in [0.5, 0.6) is 0 Å². The number of hydrogen-bond acceptors (Lipinski definition) is 5. The maximum absolute atomic E-state index is 12.4. The Balaban J connectivity index is 2.10. The number of nitrogens with one attached hydrogen (secondary N) is 1. The molecular weight excluding hydrogens is 417 g/mol. The SMILES string of the molecule is CC[C@H]1O[C@@H](n2ccc3c(=O)[nH]c(C)nc32)[C@@H](O[Si](C)(C)C(C)(C)C)C1OP(C)C. The van der Waals surface area contributed by atoms with E-state index in [9.17, 15) is 4.79 Å². The Morgan fingerprint density at radius 3 is 2.53 bits per heavy atom. The molecule has 0 bridgehead atoms. The molecule has 1 aliphatic rings. The molecule has 3 heterocycles. The van der Waals surface area contributed by atoms with Crippen molar-refractivity contribution in [1.29, 1.82) is 0 Å². The summed E-state index contributed by atoms with van der Waals surface area (Å²) in [5.74, 6) is 0.581. The molecule has 4 atom stereocenters. The summed E-state index contributed by atoms with van der Waals surface area (Å²) in [5.41, 5.74) is 0.484. The van der Waals surface area contributed by atoms with Gasteiger partial charge in [0.15, 0.2) is 14.5 Å². The molecule has 0 spiro atoms. The Bertz CT molecular complexity index is 950. The Morgan fingerprint density at radius 2 is 1.97 bits per heavy atom. The van der Waals surface area contributed by atoms with Crippen LogP contribution in [0, 0.1) is 6.92 Å². The monoisotopic (exact) mass is 453 g/mol. The maximum atomic E-state index is 12.4. The molecule has 1 unspecified atom stereocenters. The second-order valence-corrected chi connectivity index (χ2v) is 16.4. The predicted octanol–water partition coefficient (Wildman–Crippen LogP) is 4.77. The number of nitrogens with zero attached hydrogens (tertiary/aromatic N) is 2. The average Bonchev–Trinajstić information content (AvgIpc) is 3.15. The fraction of sp³-hybridized carbons (Fsp3) is 0.714. The molecular formula is C21H36N3O4PSi. The van der Waals surface area contributed by atoms with Gasteiger partial charge < -0.3 is 23.2 Å². The minimum atomic E-state index is -2.10. The summed E-state index contributed by atoms with van der Waals surface area (Å²) in [6, 6.07) is 1.80. The van der Waals surface area contributed by atoms with E-state index in [0.717, 1.165) is 6.42 Å². The molecule has 1 saturated heterocycles. The molecule has 2 aromatic heterocycles. The van der Waals surface area contributed by atoms with Crippen LogP contribution >= 0.6 is 8.15 Å². The Kier molecular flexibility index (Phi) is 6.67. The molecule has 0 aromatic carbocycles. The van der Waals surface area contributed by atoms with Crippen LogP contribution in [-0.2, 0) is 13.7 Å². The minimum Gasteiger partial charge on any atom is -0.407 e. The first-order valence-electron chi connectivity index (χ1n) is 10.6. The zero-order chi connectivity index (χ0) is 22.4. The smallest absolute Gasteiger partial charge is 0.260 e. The number of aryl methyl sites for hydroxylation is 1. The highest BCUT2D eigenvalue weighted by atomic mass is 31.1. The van der Waals surface area contributed by atoms with Gasteiger partial charge in [0.05, 0.1) is 11.5 Å². The van der Waals surface area contributed by atoms with Gasteiger partial charge in [-0.25, -0.2) is 4.98 Å². The van der Waals surface area contributed by atoms with Gasteiger partial charge in [0.1, 0.15) is 23.7 Å². The fourth-order valence-electron chi connectivity index (χ4n) is 3.63. The van der Waals surface area contributed by atoms with E-state index in [2.05, 4.69) is 64.1 Å². The van der Waals surface area contributed by atoms with E-state index in [4.69, 9.17) is 13.7 Å². The largest absolute Gasteiger partial charge is 0.407 e. The first-order chi connectivity index (χ1) is 13.9. The lowest BCUT2D eigenvalue weighted by atomic mass is 10.1. The minimum absolute atomic E-state index is 0.0559. The highest BCUT2D eigenvalue weighted by molar-refractivity contribution is 7.50. The first kappa shape index (κ1) is 23.6. The van der Waals surface area contributed by atoms with Gasteiger partial charge in [-0.05, 0) is 50.9 Å². The van der Waals surface area contributed by atoms with Gasteiger partial charge >= 0.3 is 0 Å². The Labute approximate surface area is 181 Å². The van der Waals surface area contributed by atoms with Crippen molar-refractivity contribution < 1.29 is 13.7 Å². The lowest BCUT2D eigenvalue weighted by Crippen LogP contribution is -2.48. The van der Waals surface area contributed by atoms with E-state index in [-0.39, 0.29) is 28.9 Å². The van der Waals surface area contributed by atoms with Gasteiger partial charge in [-0.15, -0.1) is 0 Å². The quantitative estimate of drug-likeness (QED) is 0.503. The van der Waals surface area contributed by atoms with Crippen LogP contribution in [-0.4, -0.2) is 54.5 Å². The average molecular weight is 454 g/mol. The van der Waals surface area contributed by atoms with Crippen LogP contribution in [0.2, 0.25) is 18.1 Å². The van der Waals surface area contributed by atoms with Crippen molar-refractivity contribution in [3.63, 3.8) is 0 Å². The summed E-state index contributed by atoms with van der Waals surface area (Å²) in [6.07, 6.45) is 1.82. The molecule has 7 nitrogen and oxygen atoms in total. The number of aromatic nitrogens is 3. The highest BCUT2D eigenvalue weighted by Crippen LogP contribution is 2.46. The van der Waals surface area contributed by atoms with E-state index in [0.29, 0.717) is 16.9 Å². The van der Waals surface area contributed by atoms with Crippen LogP contribution in [0.25, 0.3) is 11.0 Å². The molecule has 3 rings (SSSR count). The van der Waals surface area contributed by atoms with Crippen molar-refractivity contribution in [2.45, 2.75) is 83.7 Å². The summed E-state index contributed by atoms with van der Waals surface area (Å²) in [4.78, 5) is 19.8. The standard InChI is InChI=1S/C21H36N3O4PSi/c1-10-15-16(27-29(6)7)17(28-30(8,9)21(3,4)5)20(26-15)24-12-11-14-18(24)22-13(2)23-19(14)25/h11-12,15-17,20H,10H2,1-9H3,(H,22,23,25)/t15-,16?,17+,20-/m1/s1. The number of H-pyrrole nitrogens is 1. The highest BCUT2D eigenvalue weighted by Gasteiger charge is 2.51. The zero-order valence-corrected chi connectivity index (χ0v) is 21.5. The number of aromatic amines is 1. The second kappa shape index (κ2) is 8.47. The molecule has 30 heavy (non-hydrogen) atoms. The zero-order valence-electron chi connectivity index (χ0n) is 19.6. The van der Waals surface area contributed by atoms with Crippen molar-refractivity contribution in [1.82, 2.24) is 14.5 Å². The lowest BCUT2D eigenvalue weighted by Gasteiger charge is -2.41. The number of rotatable bonds is 6. The second-order valence-electron chi connectivity index (χ2n) is 9.81. The molecule has 1 aliphatic heterocycles. The van der Waals surface area contributed by atoms with E-state index < -0.39 is 22.7 Å². The van der Waals surface area contributed by atoms with Crippen molar-refractivity contribution in [2.75, 3.05) is 13.3 Å². The first-order valence-corrected chi connectivity index (χ1v) is 15.7. The van der Waals surface area contributed by atoms with Gasteiger partial charge in [0, 0.05) is 14.3 Å². The van der Waals surface area contributed by atoms with Crippen molar-refractivity contribution >= 4 is 27.5 Å². The van der Waals surface area contributed by atoms with Crippen LogP contribution < -0.4 is 5.56 Å². The molecule has 0 amide bonds. The van der Waals surface area contributed by atoms with Crippen LogP contribution in [0.4, 0.5) is 0 Å². The third kappa shape index (κ3) is 4.44. The number of fused-ring (bicyclic) bond motifs is 1. The van der Waals surface area contributed by atoms with Gasteiger partial charge in [-0.1, -0.05) is 27.7 Å². The van der Waals surface area contributed by atoms with Crippen LogP contribution in [0.15, 0.2) is 17.1 Å². The lowest BCUT2D eigenvalue weighted by molar-refractivity contribution is -0.0320. The van der Waals surface area contributed by atoms with Gasteiger partial charge in [-0.3, -0.25) is 4.79 Å². The fourth-order valence-corrected chi connectivity index (χ4v) is 5.66. The molecule has 0 radical (unpaired) electrons. The third-order valence-electron chi connectivity index (χ3n) is 6.23. The molecule has 9 heteroatoms. The van der Waals surface area contributed by atoms with Crippen molar-refractivity contribution in [3.8, 4) is 0 Å². The summed E-state index contributed by atoms with van der Waals surface area (Å²) in [6.45, 7) is 19.3. The van der Waals surface area contributed by atoms with E-state index in [1.54, 1.807) is 13.0 Å². The Hall–Kier alpha value is -1.05. The van der Waals surface area contributed by atoms with Gasteiger partial charge in [0.25, 0.3) is 5.56 Å². The molecule has 0 aliphatic carbocycles. The number of hydrogen-bond donors (Lipinski definition) is 1.